The summed E-state index contributed by atoms with van der Waals surface area (Å²) in [7, 11) is 1.71. The van der Waals surface area contributed by atoms with E-state index in [-0.39, 0.29) is 11.9 Å². The summed E-state index contributed by atoms with van der Waals surface area (Å²) in [6, 6.07) is 15.1. The van der Waals surface area contributed by atoms with Crippen LogP contribution < -0.4 is 10.1 Å². The van der Waals surface area contributed by atoms with Gasteiger partial charge in [0.05, 0.1) is 24.8 Å². The fourth-order valence-corrected chi connectivity index (χ4v) is 3.62. The number of nitrogens with one attached hydrogen (secondary N) is 1. The fraction of sp³-hybridized carbons (Fsp3) is 0.391. The maximum Gasteiger partial charge on any atom is 0.241 e. The summed E-state index contributed by atoms with van der Waals surface area (Å²) >= 11 is 0. The predicted molar refractivity (Wildman–Crippen MR) is 114 cm³/mol. The molecule has 6 heteroatoms. The second kappa shape index (κ2) is 9.55. The van der Waals surface area contributed by atoms with Crippen molar-refractivity contribution in [1.29, 1.82) is 5.26 Å². The van der Waals surface area contributed by atoms with E-state index in [1.165, 1.54) is 11.1 Å². The van der Waals surface area contributed by atoms with Crippen molar-refractivity contribution in [2.75, 3.05) is 38.6 Å². The minimum Gasteiger partial charge on any atom is -0.496 e. The number of rotatable bonds is 6. The minimum absolute atomic E-state index is 0.0245. The molecule has 1 fully saturated rings. The van der Waals surface area contributed by atoms with E-state index in [4.69, 9.17) is 10.00 Å². The van der Waals surface area contributed by atoms with E-state index in [1.54, 1.807) is 31.4 Å². The number of carbonyl (C=O) groups excluding carboxylic acids is 1. The van der Waals surface area contributed by atoms with Crippen LogP contribution in [-0.4, -0.2) is 55.0 Å². The first-order valence-electron chi connectivity index (χ1n) is 9.91. The molecule has 0 aromatic heterocycles. The Kier molecular flexibility index (Phi) is 6.86. The zero-order chi connectivity index (χ0) is 20.8. The van der Waals surface area contributed by atoms with Crippen molar-refractivity contribution in [3.63, 3.8) is 0 Å². The van der Waals surface area contributed by atoms with E-state index < -0.39 is 0 Å². The number of aryl methyl sites for hydroxylation is 1. The van der Waals surface area contributed by atoms with Crippen LogP contribution in [0.25, 0.3) is 0 Å². The number of hydrogen-bond acceptors (Lipinski definition) is 5. The van der Waals surface area contributed by atoms with Crippen LogP contribution in [0.2, 0.25) is 0 Å². The number of nitrogens with zero attached hydrogens (tertiary/aromatic N) is 3. The van der Waals surface area contributed by atoms with Crippen LogP contribution in [0.3, 0.4) is 0 Å². The van der Waals surface area contributed by atoms with E-state index in [9.17, 15) is 4.79 Å². The molecular formula is C23H28N4O2. The highest BCUT2D eigenvalue weighted by atomic mass is 16.5. The largest absolute Gasteiger partial charge is 0.496 e. The third-order valence-corrected chi connectivity index (χ3v) is 5.45. The van der Waals surface area contributed by atoms with Gasteiger partial charge in [-0.3, -0.25) is 14.6 Å². The van der Waals surface area contributed by atoms with Crippen LogP contribution in [0.15, 0.2) is 42.5 Å². The number of amides is 1. The highest BCUT2D eigenvalue weighted by Crippen LogP contribution is 2.22. The Labute approximate surface area is 172 Å². The molecule has 2 aromatic rings. The number of benzene rings is 2. The summed E-state index contributed by atoms with van der Waals surface area (Å²) in [6.07, 6.45) is 0. The number of nitriles is 1. The quantitative estimate of drug-likeness (QED) is 0.818. The molecule has 1 aliphatic heterocycles. The lowest BCUT2D eigenvalue weighted by molar-refractivity contribution is -0.121. The second-order valence-corrected chi connectivity index (χ2v) is 7.48. The van der Waals surface area contributed by atoms with Crippen LogP contribution >= 0.6 is 0 Å². The van der Waals surface area contributed by atoms with E-state index in [0.717, 1.165) is 38.5 Å². The van der Waals surface area contributed by atoms with Crippen LogP contribution in [-0.2, 0) is 11.3 Å². The average molecular weight is 393 g/mol. The molecule has 1 aliphatic rings. The van der Waals surface area contributed by atoms with Gasteiger partial charge in [-0.05, 0) is 44.2 Å². The van der Waals surface area contributed by atoms with Crippen LogP contribution in [0, 0.1) is 18.3 Å². The van der Waals surface area contributed by atoms with Gasteiger partial charge in [-0.1, -0.05) is 17.7 Å². The van der Waals surface area contributed by atoms with Gasteiger partial charge < -0.3 is 10.1 Å². The summed E-state index contributed by atoms with van der Waals surface area (Å²) in [5, 5.41) is 11.8. The van der Waals surface area contributed by atoms with Gasteiger partial charge in [-0.25, -0.2) is 0 Å². The molecule has 1 atom stereocenters. The maximum atomic E-state index is 12.6. The molecule has 0 unspecified atom stereocenters. The number of carbonyl (C=O) groups is 1. The molecule has 1 heterocycles. The van der Waals surface area contributed by atoms with Gasteiger partial charge in [-0.2, -0.15) is 5.26 Å². The van der Waals surface area contributed by atoms with Crippen molar-refractivity contribution in [2.24, 2.45) is 0 Å². The Balaban J connectivity index is 1.52. The van der Waals surface area contributed by atoms with Gasteiger partial charge in [0.2, 0.25) is 5.91 Å². The lowest BCUT2D eigenvalue weighted by atomic mass is 10.1. The number of methoxy groups -OCH3 is 1. The topological polar surface area (TPSA) is 68.6 Å². The number of piperazine rings is 1. The summed E-state index contributed by atoms with van der Waals surface area (Å²) in [6.45, 7) is 8.39. The first kappa shape index (κ1) is 20.8. The molecule has 0 aliphatic carbocycles. The normalized spacial score (nSPS) is 16.1. The molecule has 29 heavy (non-hydrogen) atoms. The number of ether oxygens (including phenoxy) is 1. The molecule has 1 N–H and O–H groups in total. The van der Waals surface area contributed by atoms with Crippen molar-refractivity contribution in [1.82, 2.24) is 9.80 Å². The zero-order valence-corrected chi connectivity index (χ0v) is 17.3. The SMILES string of the molecule is COc1ccc(C)cc1CN1CCN([C@H](C)C(=O)Nc2ccc(C#N)cc2)CC1. The van der Waals surface area contributed by atoms with Gasteiger partial charge >= 0.3 is 0 Å². The molecule has 0 spiro atoms. The standard InChI is InChI=1S/C23H28N4O2/c1-17-4-9-22(29-3)20(14-17)16-26-10-12-27(13-11-26)18(2)23(28)25-21-7-5-19(15-24)6-8-21/h4-9,14,18H,10-13,16H2,1-3H3,(H,25,28)/t18-/m1/s1. The Bertz CT molecular complexity index is 881. The molecule has 1 saturated heterocycles. The first-order valence-corrected chi connectivity index (χ1v) is 9.91. The monoisotopic (exact) mass is 392 g/mol. The smallest absolute Gasteiger partial charge is 0.241 e. The molecule has 1 amide bonds. The molecule has 152 valence electrons. The molecule has 0 radical (unpaired) electrons. The zero-order valence-electron chi connectivity index (χ0n) is 17.3. The van der Waals surface area contributed by atoms with E-state index >= 15 is 0 Å². The highest BCUT2D eigenvalue weighted by molar-refractivity contribution is 5.94. The minimum atomic E-state index is -0.207. The number of hydrogen-bond donors (Lipinski definition) is 1. The van der Waals surface area contributed by atoms with Crippen LogP contribution in [0.5, 0.6) is 5.75 Å². The molecule has 0 bridgehead atoms. The Morgan fingerprint density at radius 1 is 1.17 bits per heavy atom. The second-order valence-electron chi connectivity index (χ2n) is 7.48. The third-order valence-electron chi connectivity index (χ3n) is 5.45. The van der Waals surface area contributed by atoms with Crippen LogP contribution in [0.1, 0.15) is 23.6 Å². The maximum absolute atomic E-state index is 12.6. The number of anilines is 1. The Hall–Kier alpha value is -2.88. The van der Waals surface area contributed by atoms with E-state index in [2.05, 4.69) is 40.2 Å². The van der Waals surface area contributed by atoms with Gasteiger partial charge in [-0.15, -0.1) is 0 Å². The highest BCUT2D eigenvalue weighted by Gasteiger charge is 2.26. The average Bonchev–Trinajstić information content (AvgIpc) is 2.74. The summed E-state index contributed by atoms with van der Waals surface area (Å²) in [4.78, 5) is 17.2. The molecular weight excluding hydrogens is 364 g/mol. The lowest BCUT2D eigenvalue weighted by Gasteiger charge is -2.37. The van der Waals surface area contributed by atoms with Gasteiger partial charge in [0, 0.05) is 44.0 Å². The van der Waals surface area contributed by atoms with Crippen molar-refractivity contribution in [2.45, 2.75) is 26.4 Å². The van der Waals surface area contributed by atoms with E-state index in [1.807, 2.05) is 13.0 Å². The van der Waals surface area contributed by atoms with Crippen molar-refractivity contribution in [3.05, 3.63) is 59.2 Å². The first-order chi connectivity index (χ1) is 14.0. The van der Waals surface area contributed by atoms with Gasteiger partial charge in [0.15, 0.2) is 0 Å². The van der Waals surface area contributed by atoms with Crippen molar-refractivity contribution in [3.8, 4) is 11.8 Å². The molecule has 2 aromatic carbocycles. The Morgan fingerprint density at radius 2 is 1.86 bits per heavy atom. The van der Waals surface area contributed by atoms with Gasteiger partial charge in [0.25, 0.3) is 0 Å². The Morgan fingerprint density at radius 3 is 2.48 bits per heavy atom. The van der Waals surface area contributed by atoms with Crippen molar-refractivity contribution >= 4 is 11.6 Å². The van der Waals surface area contributed by atoms with Crippen molar-refractivity contribution < 1.29 is 9.53 Å². The van der Waals surface area contributed by atoms with Gasteiger partial charge in [0.1, 0.15) is 5.75 Å². The summed E-state index contributed by atoms with van der Waals surface area (Å²) < 4.78 is 5.50. The summed E-state index contributed by atoms with van der Waals surface area (Å²) in [5.74, 6) is 0.900. The predicted octanol–water partition coefficient (Wildman–Crippen LogP) is 3.02. The van der Waals surface area contributed by atoms with E-state index in [0.29, 0.717) is 11.3 Å². The lowest BCUT2D eigenvalue weighted by Crippen LogP contribution is -2.52. The van der Waals surface area contributed by atoms with Crippen LogP contribution in [0.4, 0.5) is 5.69 Å². The molecule has 6 nitrogen and oxygen atoms in total. The fourth-order valence-electron chi connectivity index (χ4n) is 3.62. The molecule has 0 saturated carbocycles. The summed E-state index contributed by atoms with van der Waals surface area (Å²) in [5.41, 5.74) is 3.73. The third kappa shape index (κ3) is 5.35. The molecule has 3 rings (SSSR count).